The maximum absolute atomic E-state index is 13.2. The van der Waals surface area contributed by atoms with Gasteiger partial charge in [0.2, 0.25) is 18.6 Å². The number of aliphatic hydroxyl groups excluding tert-OH is 1. The zero-order chi connectivity index (χ0) is 31.6. The van der Waals surface area contributed by atoms with Crippen molar-refractivity contribution in [3.8, 4) is 28.7 Å². The summed E-state index contributed by atoms with van der Waals surface area (Å²) in [6, 6.07) is -0.518. The molecule has 2 amide bonds. The van der Waals surface area contributed by atoms with Crippen LogP contribution in [0, 0.1) is 13.8 Å². The lowest BCUT2D eigenvalue weighted by Crippen LogP contribution is -2.69. The zero-order valence-electron chi connectivity index (χ0n) is 25.8. The Morgan fingerprint density at radius 1 is 1.14 bits per heavy atom. The van der Waals surface area contributed by atoms with Crippen molar-refractivity contribution in [2.24, 2.45) is 0 Å². The molecule has 0 radical (unpaired) electrons. The normalized spacial score (nSPS) is 26.0. The van der Waals surface area contributed by atoms with Crippen molar-refractivity contribution in [2.75, 3.05) is 27.5 Å². The fourth-order valence-electron chi connectivity index (χ4n) is 7.68. The number of rotatable bonds is 6. The van der Waals surface area contributed by atoms with Crippen LogP contribution in [0.5, 0.6) is 28.7 Å². The number of aromatic hydroxyl groups is 2. The van der Waals surface area contributed by atoms with Gasteiger partial charge in [-0.05, 0) is 64.8 Å². The van der Waals surface area contributed by atoms with Crippen LogP contribution in [0.4, 0.5) is 0 Å². The topological polar surface area (TPSA) is 153 Å². The average Bonchev–Trinajstić information content (AvgIpc) is 3.47. The van der Waals surface area contributed by atoms with Gasteiger partial charge < -0.3 is 40.2 Å². The van der Waals surface area contributed by atoms with Crippen molar-refractivity contribution < 1.29 is 39.1 Å². The minimum absolute atomic E-state index is 0.0144. The number of piperazine rings is 1. The number of ether oxygens (including phenoxy) is 3. The molecule has 1 unspecified atom stereocenters. The van der Waals surface area contributed by atoms with E-state index in [1.165, 1.54) is 13.2 Å². The van der Waals surface area contributed by atoms with E-state index >= 15 is 0 Å². The van der Waals surface area contributed by atoms with Gasteiger partial charge in [0.15, 0.2) is 23.0 Å². The van der Waals surface area contributed by atoms with E-state index in [0.29, 0.717) is 46.8 Å². The minimum Gasteiger partial charge on any atom is -0.507 e. The molecule has 0 saturated carbocycles. The Morgan fingerprint density at radius 2 is 1.86 bits per heavy atom. The Hall–Kier alpha value is -4.00. The summed E-state index contributed by atoms with van der Waals surface area (Å²) in [6.45, 7) is 7.02. The molecular weight excluding hydrogens is 568 g/mol. The van der Waals surface area contributed by atoms with Gasteiger partial charge in [-0.3, -0.25) is 19.4 Å². The standard InChI is InChI=1S/C32H40N4O8/c1-7-8-22(37)34-16(4)31(40)33-12-21-24-18(26(38)15(3)29-30(24)44-13-43-29)11-19-25-23-17(9-14(2)28(42-6)27(23)39)10-20(35(25)5)32(41)36(19)21/h7-9,16,19-21,25,32,38-39,41H,10-13H2,1-6H3,(H,33,40)(H,34,37)/b8-7+/t16-,19?,20-,21-,25+,32-/m0/s1. The van der Waals surface area contributed by atoms with E-state index < -0.39 is 30.3 Å². The van der Waals surface area contributed by atoms with Gasteiger partial charge in [0, 0.05) is 34.8 Å². The molecule has 0 aromatic heterocycles. The van der Waals surface area contributed by atoms with Gasteiger partial charge in [-0.25, -0.2) is 0 Å². The van der Waals surface area contributed by atoms with Crippen LogP contribution in [0.3, 0.4) is 0 Å². The largest absolute Gasteiger partial charge is 0.507 e. The molecule has 12 heteroatoms. The average molecular weight is 609 g/mol. The molecule has 0 aliphatic carbocycles. The third-order valence-corrected chi connectivity index (χ3v) is 9.66. The number of hydrogen-bond donors (Lipinski definition) is 5. The van der Waals surface area contributed by atoms with Gasteiger partial charge in [-0.2, -0.15) is 0 Å². The van der Waals surface area contributed by atoms with E-state index in [1.807, 2.05) is 24.9 Å². The molecule has 2 bridgehead atoms. The second-order valence-electron chi connectivity index (χ2n) is 12.1. The number of nitrogens with one attached hydrogen (secondary N) is 2. The second kappa shape index (κ2) is 11.2. The highest BCUT2D eigenvalue weighted by Gasteiger charge is 2.56. The van der Waals surface area contributed by atoms with Crippen LogP contribution in [0.2, 0.25) is 0 Å². The number of likely N-dealkylation sites (N-methyl/N-ethyl adjacent to an activating group) is 1. The third-order valence-electron chi connectivity index (χ3n) is 9.66. The van der Waals surface area contributed by atoms with Crippen molar-refractivity contribution in [1.82, 2.24) is 20.4 Å². The molecule has 1 saturated heterocycles. The first kappa shape index (κ1) is 30.0. The third kappa shape index (κ3) is 4.46. The molecule has 5 N–H and O–H groups in total. The molecule has 6 atom stereocenters. The van der Waals surface area contributed by atoms with Crippen molar-refractivity contribution in [2.45, 2.75) is 77.0 Å². The Kier molecular flexibility index (Phi) is 7.63. The van der Waals surface area contributed by atoms with Gasteiger partial charge in [0.1, 0.15) is 18.0 Å². The number of aryl methyl sites for hydroxylation is 1. The molecule has 2 aromatic rings. The Labute approximate surface area is 256 Å². The lowest BCUT2D eigenvalue weighted by Gasteiger charge is -2.60. The number of aliphatic hydroxyl groups is 1. The predicted octanol–water partition coefficient (Wildman–Crippen LogP) is 1.85. The van der Waals surface area contributed by atoms with Gasteiger partial charge in [-0.15, -0.1) is 0 Å². The molecule has 6 rings (SSSR count). The monoisotopic (exact) mass is 608 g/mol. The van der Waals surface area contributed by atoms with Gasteiger partial charge in [-0.1, -0.05) is 12.1 Å². The van der Waals surface area contributed by atoms with Crippen LogP contribution < -0.4 is 24.8 Å². The SMILES string of the molecule is C/C=C/C(=O)N[C@@H](C)C(=O)NC[C@H]1c2c(c(O)c(C)c3c2OCO3)CC2[C@@H]3c4c(cc(C)c(OC)c4O)C[C@@H]([C@H](O)N21)N3C. The number of methoxy groups -OCH3 is 1. The van der Waals surface area contributed by atoms with Gasteiger partial charge in [0.25, 0.3) is 0 Å². The number of phenolic OH excluding ortho intramolecular Hbond substituents is 2. The maximum atomic E-state index is 13.2. The lowest BCUT2D eigenvalue weighted by molar-refractivity contribution is -0.172. The minimum atomic E-state index is -0.956. The van der Waals surface area contributed by atoms with E-state index in [9.17, 15) is 24.9 Å². The smallest absolute Gasteiger partial charge is 0.244 e. The highest BCUT2D eigenvalue weighted by atomic mass is 16.7. The van der Waals surface area contributed by atoms with E-state index in [4.69, 9.17) is 14.2 Å². The van der Waals surface area contributed by atoms with E-state index in [0.717, 1.165) is 16.7 Å². The van der Waals surface area contributed by atoms with Crippen LogP contribution in [0.1, 0.15) is 59.3 Å². The number of amides is 2. The number of benzene rings is 2. The van der Waals surface area contributed by atoms with Crippen LogP contribution in [-0.4, -0.2) is 88.8 Å². The molecule has 1 fully saturated rings. The van der Waals surface area contributed by atoms with E-state index in [1.54, 1.807) is 26.8 Å². The number of carbonyl (C=O) groups is 2. The molecule has 12 nitrogen and oxygen atoms in total. The summed E-state index contributed by atoms with van der Waals surface area (Å²) in [5.74, 6) is 0.700. The van der Waals surface area contributed by atoms with Gasteiger partial charge in [0.05, 0.1) is 25.2 Å². The predicted molar refractivity (Wildman–Crippen MR) is 160 cm³/mol. The zero-order valence-corrected chi connectivity index (χ0v) is 25.8. The Balaban J connectivity index is 1.46. The second-order valence-corrected chi connectivity index (χ2v) is 12.1. The van der Waals surface area contributed by atoms with E-state index in [2.05, 4.69) is 15.5 Å². The molecule has 236 valence electrons. The van der Waals surface area contributed by atoms with Crippen LogP contribution in [0.25, 0.3) is 0 Å². The number of carbonyl (C=O) groups excluding carboxylic acids is 2. The lowest BCUT2D eigenvalue weighted by atomic mass is 9.73. The molecule has 44 heavy (non-hydrogen) atoms. The maximum Gasteiger partial charge on any atom is 0.244 e. The molecule has 4 aliphatic heterocycles. The van der Waals surface area contributed by atoms with Crippen molar-refractivity contribution in [3.63, 3.8) is 0 Å². The van der Waals surface area contributed by atoms with Crippen molar-refractivity contribution >= 4 is 11.8 Å². The molecule has 4 aliphatic rings. The van der Waals surface area contributed by atoms with Crippen LogP contribution >= 0.6 is 0 Å². The summed E-state index contributed by atoms with van der Waals surface area (Å²) < 4.78 is 17.3. The van der Waals surface area contributed by atoms with Crippen molar-refractivity contribution in [1.29, 1.82) is 0 Å². The van der Waals surface area contributed by atoms with E-state index in [-0.39, 0.29) is 42.8 Å². The summed E-state index contributed by atoms with van der Waals surface area (Å²) in [6.07, 6.45) is 2.81. The first-order chi connectivity index (χ1) is 21.0. The summed E-state index contributed by atoms with van der Waals surface area (Å²) in [4.78, 5) is 29.4. The first-order valence-electron chi connectivity index (χ1n) is 14.9. The number of phenols is 2. The molecule has 0 spiro atoms. The van der Waals surface area contributed by atoms with Crippen LogP contribution in [0.15, 0.2) is 18.2 Å². The highest BCUT2D eigenvalue weighted by Crippen LogP contribution is 2.57. The summed E-state index contributed by atoms with van der Waals surface area (Å²) in [7, 11) is 3.47. The fraction of sp³-hybridized carbons (Fsp3) is 0.500. The first-order valence-corrected chi connectivity index (χ1v) is 14.9. The Morgan fingerprint density at radius 3 is 2.57 bits per heavy atom. The Bertz CT molecular complexity index is 1560. The molecular formula is C32H40N4O8. The summed E-state index contributed by atoms with van der Waals surface area (Å²) >= 11 is 0. The number of fused-ring (bicyclic) bond motifs is 9. The molecule has 2 aromatic carbocycles. The number of allylic oxidation sites excluding steroid dienone is 1. The van der Waals surface area contributed by atoms with Crippen molar-refractivity contribution in [3.05, 3.63) is 51.6 Å². The number of nitrogens with zero attached hydrogens (tertiary/aromatic N) is 2. The summed E-state index contributed by atoms with van der Waals surface area (Å²) in [5.41, 5.74) is 4.34. The number of hydrogen-bond acceptors (Lipinski definition) is 10. The quantitative estimate of drug-likeness (QED) is 0.307. The highest BCUT2D eigenvalue weighted by molar-refractivity contribution is 5.92. The summed E-state index contributed by atoms with van der Waals surface area (Å²) in [5, 5.41) is 40.7. The fourth-order valence-corrected chi connectivity index (χ4v) is 7.68. The van der Waals surface area contributed by atoms with Crippen LogP contribution in [-0.2, 0) is 22.4 Å². The molecule has 4 heterocycles. The van der Waals surface area contributed by atoms with Gasteiger partial charge >= 0.3 is 0 Å².